The molecule has 0 spiro atoms. The van der Waals surface area contributed by atoms with E-state index in [9.17, 15) is 9.59 Å². The van der Waals surface area contributed by atoms with Crippen molar-refractivity contribution in [2.45, 2.75) is 44.8 Å². The van der Waals surface area contributed by atoms with Crippen molar-refractivity contribution in [2.75, 3.05) is 0 Å². The Morgan fingerprint density at radius 3 is 2.52 bits per heavy atom. The van der Waals surface area contributed by atoms with Crippen LogP contribution in [0.1, 0.15) is 44.2 Å². The smallest absolute Gasteiger partial charge is 0.338 e. The fraction of sp³-hybridized carbons (Fsp3) is 0.412. The van der Waals surface area contributed by atoms with E-state index in [-0.39, 0.29) is 18.1 Å². The zero-order valence-electron chi connectivity index (χ0n) is 12.9. The predicted molar refractivity (Wildman–Crippen MR) is 86.9 cm³/mol. The second kappa shape index (κ2) is 6.62. The summed E-state index contributed by atoms with van der Waals surface area (Å²) in [7, 11) is 0. The molecule has 1 aliphatic heterocycles. The van der Waals surface area contributed by atoms with Gasteiger partial charge < -0.3 is 15.4 Å². The summed E-state index contributed by atoms with van der Waals surface area (Å²) in [4.78, 5) is 24.4. The van der Waals surface area contributed by atoms with Crippen molar-refractivity contribution in [3.8, 4) is 0 Å². The van der Waals surface area contributed by atoms with Crippen LogP contribution in [0, 0.1) is 0 Å². The van der Waals surface area contributed by atoms with Crippen LogP contribution in [-0.4, -0.2) is 18.1 Å². The molecule has 2 N–H and O–H groups in total. The normalized spacial score (nSPS) is 21.8. The van der Waals surface area contributed by atoms with Crippen molar-refractivity contribution in [2.24, 2.45) is 0 Å². The zero-order valence-corrected chi connectivity index (χ0v) is 13.7. The zero-order chi connectivity index (χ0) is 16.4. The molecule has 0 saturated heterocycles. The first kappa shape index (κ1) is 15.9. The molecular weight excluding hydrogens is 316 g/mol. The molecule has 1 saturated carbocycles. The van der Waals surface area contributed by atoms with Gasteiger partial charge in [-0.1, -0.05) is 23.7 Å². The second-order valence-corrected chi connectivity index (χ2v) is 6.37. The number of ether oxygens (including phenoxy) is 1. The molecule has 0 radical (unpaired) electrons. The highest BCUT2D eigenvalue weighted by Gasteiger charge is 2.33. The number of rotatable bonds is 3. The van der Waals surface area contributed by atoms with Crippen molar-refractivity contribution in [1.82, 2.24) is 10.6 Å². The van der Waals surface area contributed by atoms with Crippen molar-refractivity contribution < 1.29 is 14.3 Å². The lowest BCUT2D eigenvalue weighted by molar-refractivity contribution is -0.144. The van der Waals surface area contributed by atoms with Crippen LogP contribution in [0.25, 0.3) is 0 Å². The number of carbonyl (C=O) groups excluding carboxylic acids is 2. The summed E-state index contributed by atoms with van der Waals surface area (Å²) in [6.07, 6.45) is 3.97. The number of amides is 2. The van der Waals surface area contributed by atoms with E-state index in [4.69, 9.17) is 16.3 Å². The minimum absolute atomic E-state index is 0.0219. The Labute approximate surface area is 140 Å². The molecule has 2 amide bonds. The van der Waals surface area contributed by atoms with Gasteiger partial charge in [-0.05, 0) is 50.3 Å². The standard InChI is InChI=1S/C17H19ClN2O3/c1-10-14(16(21)23-13-4-2-3-5-13)15(20-17(22)19-10)11-6-8-12(18)9-7-11/h6-9,13,15H,2-5H2,1H3,(H2,19,20,22)/t15-/m0/s1. The van der Waals surface area contributed by atoms with Crippen LogP contribution >= 0.6 is 11.6 Å². The third kappa shape index (κ3) is 3.50. The van der Waals surface area contributed by atoms with E-state index >= 15 is 0 Å². The van der Waals surface area contributed by atoms with E-state index in [1.807, 2.05) is 0 Å². The molecular formula is C17H19ClN2O3. The molecule has 1 atom stereocenters. The van der Waals surface area contributed by atoms with Gasteiger partial charge in [0.2, 0.25) is 0 Å². The van der Waals surface area contributed by atoms with Gasteiger partial charge in [0.05, 0.1) is 11.6 Å². The van der Waals surface area contributed by atoms with E-state index in [2.05, 4.69) is 10.6 Å². The number of carbonyl (C=O) groups is 2. The lowest BCUT2D eigenvalue weighted by Crippen LogP contribution is -2.45. The van der Waals surface area contributed by atoms with Crippen molar-refractivity contribution in [3.63, 3.8) is 0 Å². The largest absolute Gasteiger partial charge is 0.459 e. The second-order valence-electron chi connectivity index (χ2n) is 5.93. The number of halogens is 1. The maximum absolute atomic E-state index is 12.6. The van der Waals surface area contributed by atoms with E-state index in [1.54, 1.807) is 31.2 Å². The molecule has 5 nitrogen and oxygen atoms in total. The molecule has 0 bridgehead atoms. The highest BCUT2D eigenvalue weighted by molar-refractivity contribution is 6.30. The van der Waals surface area contributed by atoms with Gasteiger partial charge in [-0.2, -0.15) is 0 Å². The van der Waals surface area contributed by atoms with E-state index < -0.39 is 6.04 Å². The first-order valence-corrected chi connectivity index (χ1v) is 8.17. The summed E-state index contributed by atoms with van der Waals surface area (Å²) in [5, 5.41) is 6.04. The van der Waals surface area contributed by atoms with E-state index in [1.165, 1.54) is 0 Å². The summed E-state index contributed by atoms with van der Waals surface area (Å²) >= 11 is 5.92. The molecule has 0 aromatic heterocycles. The summed E-state index contributed by atoms with van der Waals surface area (Å²) in [5.41, 5.74) is 1.76. The average Bonchev–Trinajstić information content (AvgIpc) is 3.00. The third-order valence-corrected chi connectivity index (χ3v) is 4.52. The summed E-state index contributed by atoms with van der Waals surface area (Å²) in [6, 6.07) is 6.21. The predicted octanol–water partition coefficient (Wildman–Crippen LogP) is 3.45. The fourth-order valence-corrected chi connectivity index (χ4v) is 3.22. The van der Waals surface area contributed by atoms with Gasteiger partial charge in [-0.25, -0.2) is 9.59 Å². The molecule has 1 aromatic carbocycles. The molecule has 1 heterocycles. The van der Waals surface area contributed by atoms with Crippen LogP contribution in [0.5, 0.6) is 0 Å². The molecule has 0 unspecified atom stereocenters. The highest BCUT2D eigenvalue weighted by Crippen LogP contribution is 2.30. The Hall–Kier alpha value is -2.01. The van der Waals surface area contributed by atoms with Gasteiger partial charge in [0.25, 0.3) is 0 Å². The highest BCUT2D eigenvalue weighted by atomic mass is 35.5. The van der Waals surface area contributed by atoms with Crippen LogP contribution in [0.2, 0.25) is 5.02 Å². The third-order valence-electron chi connectivity index (χ3n) is 4.27. The topological polar surface area (TPSA) is 67.4 Å². The molecule has 1 aliphatic carbocycles. The molecule has 1 aromatic rings. The van der Waals surface area contributed by atoms with Crippen LogP contribution in [0.3, 0.4) is 0 Å². The van der Waals surface area contributed by atoms with Gasteiger partial charge in [0, 0.05) is 10.7 Å². The maximum Gasteiger partial charge on any atom is 0.338 e. The minimum atomic E-state index is -0.532. The Morgan fingerprint density at radius 2 is 1.87 bits per heavy atom. The molecule has 1 fully saturated rings. The van der Waals surface area contributed by atoms with E-state index in [0.29, 0.717) is 16.3 Å². The molecule has 6 heteroatoms. The number of nitrogens with one attached hydrogen (secondary N) is 2. The number of urea groups is 1. The van der Waals surface area contributed by atoms with Gasteiger partial charge in [-0.3, -0.25) is 0 Å². The van der Waals surface area contributed by atoms with Crippen LogP contribution in [0.4, 0.5) is 4.79 Å². The van der Waals surface area contributed by atoms with Gasteiger partial charge in [0.1, 0.15) is 6.10 Å². The molecule has 122 valence electrons. The lowest BCUT2D eigenvalue weighted by atomic mass is 9.95. The van der Waals surface area contributed by atoms with Crippen molar-refractivity contribution >= 4 is 23.6 Å². The summed E-state index contributed by atoms with van der Waals surface area (Å²) in [5.74, 6) is -0.373. The fourth-order valence-electron chi connectivity index (χ4n) is 3.09. The Balaban J connectivity index is 1.88. The Kier molecular flexibility index (Phi) is 4.57. The van der Waals surface area contributed by atoms with Crippen LogP contribution < -0.4 is 10.6 Å². The number of hydrogen-bond acceptors (Lipinski definition) is 3. The van der Waals surface area contributed by atoms with Gasteiger partial charge >= 0.3 is 12.0 Å². The number of allylic oxidation sites excluding steroid dienone is 1. The monoisotopic (exact) mass is 334 g/mol. The lowest BCUT2D eigenvalue weighted by Gasteiger charge is -2.28. The summed E-state index contributed by atoms with van der Waals surface area (Å²) in [6.45, 7) is 1.72. The summed E-state index contributed by atoms with van der Waals surface area (Å²) < 4.78 is 5.62. The van der Waals surface area contributed by atoms with Crippen molar-refractivity contribution in [1.29, 1.82) is 0 Å². The van der Waals surface area contributed by atoms with Gasteiger partial charge in [0.15, 0.2) is 0 Å². The molecule has 23 heavy (non-hydrogen) atoms. The quantitative estimate of drug-likeness (QED) is 0.832. The number of esters is 1. The number of benzene rings is 1. The maximum atomic E-state index is 12.6. The first-order valence-electron chi connectivity index (χ1n) is 7.79. The minimum Gasteiger partial charge on any atom is -0.459 e. The van der Waals surface area contributed by atoms with Crippen LogP contribution in [-0.2, 0) is 9.53 Å². The molecule has 3 rings (SSSR count). The van der Waals surface area contributed by atoms with Crippen LogP contribution in [0.15, 0.2) is 35.5 Å². The Morgan fingerprint density at radius 1 is 1.22 bits per heavy atom. The number of hydrogen-bond donors (Lipinski definition) is 2. The SMILES string of the molecule is CC1=C(C(=O)OC2CCCC2)[C@H](c2ccc(Cl)cc2)NC(=O)N1. The van der Waals surface area contributed by atoms with Crippen molar-refractivity contribution in [3.05, 3.63) is 46.1 Å². The average molecular weight is 335 g/mol. The van der Waals surface area contributed by atoms with Gasteiger partial charge in [-0.15, -0.1) is 0 Å². The molecule has 2 aliphatic rings. The Bertz CT molecular complexity index is 648. The first-order chi connectivity index (χ1) is 11.0. The van der Waals surface area contributed by atoms with E-state index in [0.717, 1.165) is 31.2 Å².